The molecular formula is C20H19ClN6. The van der Waals surface area contributed by atoms with E-state index in [1.165, 1.54) is 0 Å². The molecule has 0 spiro atoms. The molecule has 6 nitrogen and oxygen atoms in total. The van der Waals surface area contributed by atoms with E-state index in [2.05, 4.69) is 56.8 Å². The van der Waals surface area contributed by atoms with E-state index >= 15 is 0 Å². The lowest BCUT2D eigenvalue weighted by Crippen LogP contribution is -2.23. The van der Waals surface area contributed by atoms with Crippen molar-refractivity contribution < 1.29 is 0 Å². The molecule has 2 heterocycles. The summed E-state index contributed by atoms with van der Waals surface area (Å²) in [4.78, 5) is 14.7. The van der Waals surface area contributed by atoms with Gasteiger partial charge in [0.15, 0.2) is 0 Å². The number of halogens is 1. The van der Waals surface area contributed by atoms with Gasteiger partial charge in [0.05, 0.1) is 17.1 Å². The monoisotopic (exact) mass is 378 g/mol. The van der Waals surface area contributed by atoms with Crippen molar-refractivity contribution in [3.05, 3.63) is 71.6 Å². The van der Waals surface area contributed by atoms with Crippen molar-refractivity contribution in [1.82, 2.24) is 19.5 Å². The summed E-state index contributed by atoms with van der Waals surface area (Å²) in [6.45, 7) is 2.10. The molecule has 0 aliphatic carbocycles. The fourth-order valence-corrected chi connectivity index (χ4v) is 3.29. The predicted octanol–water partition coefficient (Wildman–Crippen LogP) is 4.25. The predicted molar refractivity (Wildman–Crippen MR) is 109 cm³/mol. The van der Waals surface area contributed by atoms with Gasteiger partial charge in [0.2, 0.25) is 5.95 Å². The Morgan fingerprint density at radius 1 is 1.07 bits per heavy atom. The number of imidazole rings is 1. The Morgan fingerprint density at radius 3 is 2.56 bits per heavy atom. The van der Waals surface area contributed by atoms with Crippen molar-refractivity contribution in [2.45, 2.75) is 13.0 Å². The average Bonchev–Trinajstić information content (AvgIpc) is 3.10. The molecule has 1 unspecified atom stereocenters. The second-order valence-corrected chi connectivity index (χ2v) is 6.78. The van der Waals surface area contributed by atoms with Crippen LogP contribution in [-0.4, -0.2) is 26.6 Å². The van der Waals surface area contributed by atoms with Gasteiger partial charge in [-0.25, -0.2) is 9.97 Å². The van der Waals surface area contributed by atoms with Crippen LogP contribution in [-0.2, 0) is 0 Å². The second kappa shape index (κ2) is 6.89. The van der Waals surface area contributed by atoms with Crippen molar-refractivity contribution in [3.8, 4) is 5.69 Å². The summed E-state index contributed by atoms with van der Waals surface area (Å²) in [6, 6.07) is 18.3. The van der Waals surface area contributed by atoms with Crippen LogP contribution in [0.15, 0.2) is 60.9 Å². The first-order valence-corrected chi connectivity index (χ1v) is 8.96. The van der Waals surface area contributed by atoms with Gasteiger partial charge in [-0.05, 0) is 36.8 Å². The normalized spacial score (nSPS) is 12.3. The maximum absolute atomic E-state index is 6.00. The Kier molecular flexibility index (Phi) is 4.41. The van der Waals surface area contributed by atoms with E-state index < -0.39 is 0 Å². The van der Waals surface area contributed by atoms with Crippen LogP contribution in [0.2, 0.25) is 5.15 Å². The van der Waals surface area contributed by atoms with Crippen LogP contribution < -0.4 is 10.6 Å². The van der Waals surface area contributed by atoms with Crippen molar-refractivity contribution in [3.63, 3.8) is 0 Å². The number of hydrogen-bond acceptors (Lipinski definition) is 5. The standard InChI is InChI=1S/C20H19ClN6/c1-13(26(2)19-11-18(21)24-20(22)25-19)14-7-9-15(10-8-14)27-12-23-16-5-3-4-6-17(16)27/h3-13H,1-2H3,(H2,22,24,25). The summed E-state index contributed by atoms with van der Waals surface area (Å²) < 4.78 is 2.08. The Balaban J connectivity index is 1.61. The number of hydrogen-bond donors (Lipinski definition) is 1. The van der Waals surface area contributed by atoms with Gasteiger partial charge in [-0.2, -0.15) is 4.98 Å². The highest BCUT2D eigenvalue weighted by atomic mass is 35.5. The molecule has 0 saturated carbocycles. The Morgan fingerprint density at radius 2 is 1.81 bits per heavy atom. The summed E-state index contributed by atoms with van der Waals surface area (Å²) in [5.41, 5.74) is 10.00. The molecule has 4 rings (SSSR count). The van der Waals surface area contributed by atoms with Crippen LogP contribution in [0.5, 0.6) is 0 Å². The third-order valence-corrected chi connectivity index (χ3v) is 4.94. The van der Waals surface area contributed by atoms with E-state index in [-0.39, 0.29) is 12.0 Å². The molecule has 0 saturated heterocycles. The van der Waals surface area contributed by atoms with Gasteiger partial charge in [-0.15, -0.1) is 0 Å². The zero-order valence-corrected chi connectivity index (χ0v) is 15.8. The molecule has 2 aromatic heterocycles. The van der Waals surface area contributed by atoms with E-state index in [4.69, 9.17) is 17.3 Å². The maximum Gasteiger partial charge on any atom is 0.223 e. The Bertz CT molecular complexity index is 1070. The van der Waals surface area contributed by atoms with Crippen molar-refractivity contribution in [2.75, 3.05) is 17.7 Å². The first-order valence-electron chi connectivity index (χ1n) is 8.58. The molecule has 0 bridgehead atoms. The van der Waals surface area contributed by atoms with Crippen LogP contribution in [0, 0.1) is 0 Å². The number of para-hydroxylation sites is 2. The van der Waals surface area contributed by atoms with Gasteiger partial charge < -0.3 is 10.6 Å². The quantitative estimate of drug-likeness (QED) is 0.537. The lowest BCUT2D eigenvalue weighted by molar-refractivity contribution is 0.728. The number of nitrogens with zero attached hydrogens (tertiary/aromatic N) is 5. The van der Waals surface area contributed by atoms with Gasteiger partial charge in [0, 0.05) is 18.8 Å². The summed E-state index contributed by atoms with van der Waals surface area (Å²) in [7, 11) is 1.96. The van der Waals surface area contributed by atoms with E-state index in [1.54, 1.807) is 6.07 Å². The summed E-state index contributed by atoms with van der Waals surface area (Å²) in [5.74, 6) is 0.851. The van der Waals surface area contributed by atoms with Crippen LogP contribution in [0.3, 0.4) is 0 Å². The molecule has 4 aromatic rings. The third-order valence-electron chi connectivity index (χ3n) is 4.75. The van der Waals surface area contributed by atoms with E-state index in [0.29, 0.717) is 11.0 Å². The largest absolute Gasteiger partial charge is 0.368 e. The molecule has 0 radical (unpaired) electrons. The molecule has 136 valence electrons. The van der Waals surface area contributed by atoms with Crippen LogP contribution in [0.4, 0.5) is 11.8 Å². The lowest BCUT2D eigenvalue weighted by atomic mass is 10.1. The van der Waals surface area contributed by atoms with Gasteiger partial charge in [-0.1, -0.05) is 35.9 Å². The highest BCUT2D eigenvalue weighted by molar-refractivity contribution is 6.29. The van der Waals surface area contributed by atoms with Crippen molar-refractivity contribution in [1.29, 1.82) is 0 Å². The fourth-order valence-electron chi connectivity index (χ4n) is 3.10. The van der Waals surface area contributed by atoms with Gasteiger partial charge in [-0.3, -0.25) is 4.57 Å². The van der Waals surface area contributed by atoms with Crippen LogP contribution >= 0.6 is 11.6 Å². The highest BCUT2D eigenvalue weighted by Gasteiger charge is 2.15. The topological polar surface area (TPSA) is 72.9 Å². The second-order valence-electron chi connectivity index (χ2n) is 6.39. The zero-order chi connectivity index (χ0) is 19.0. The lowest BCUT2D eigenvalue weighted by Gasteiger charge is -2.26. The minimum Gasteiger partial charge on any atom is -0.368 e. The molecular weight excluding hydrogens is 360 g/mol. The van der Waals surface area contributed by atoms with Crippen molar-refractivity contribution >= 4 is 34.4 Å². The minimum atomic E-state index is 0.0870. The fraction of sp³-hybridized carbons (Fsp3) is 0.150. The molecule has 1 atom stereocenters. The molecule has 2 N–H and O–H groups in total. The molecule has 0 amide bonds. The molecule has 0 aliphatic heterocycles. The van der Waals surface area contributed by atoms with Crippen LogP contribution in [0.1, 0.15) is 18.5 Å². The van der Waals surface area contributed by atoms with Crippen molar-refractivity contribution in [2.24, 2.45) is 0 Å². The number of benzene rings is 2. The molecule has 2 aromatic carbocycles. The highest BCUT2D eigenvalue weighted by Crippen LogP contribution is 2.27. The number of nitrogens with two attached hydrogens (primary N) is 1. The first-order chi connectivity index (χ1) is 13.0. The number of aromatic nitrogens is 4. The maximum atomic E-state index is 6.00. The smallest absolute Gasteiger partial charge is 0.223 e. The SMILES string of the molecule is CC(c1ccc(-n2cnc3ccccc32)cc1)N(C)c1cc(Cl)nc(N)n1. The van der Waals surface area contributed by atoms with E-state index in [0.717, 1.165) is 22.3 Å². The molecule has 0 fully saturated rings. The molecule has 0 aliphatic rings. The van der Waals surface area contributed by atoms with Gasteiger partial charge in [0.1, 0.15) is 17.3 Å². The Labute approximate surface area is 162 Å². The van der Waals surface area contributed by atoms with Crippen LogP contribution in [0.25, 0.3) is 16.7 Å². The number of fused-ring (bicyclic) bond motifs is 1. The molecule has 27 heavy (non-hydrogen) atoms. The van der Waals surface area contributed by atoms with Gasteiger partial charge >= 0.3 is 0 Å². The molecule has 7 heteroatoms. The number of anilines is 2. The van der Waals surface area contributed by atoms with E-state index in [9.17, 15) is 0 Å². The Hall–Kier alpha value is -3.12. The first kappa shape index (κ1) is 17.3. The number of nitrogen functional groups attached to an aromatic ring is 1. The summed E-state index contributed by atoms with van der Waals surface area (Å²) in [5, 5.41) is 0.332. The minimum absolute atomic E-state index is 0.0870. The number of rotatable bonds is 4. The van der Waals surface area contributed by atoms with E-state index in [1.807, 2.05) is 36.5 Å². The van der Waals surface area contributed by atoms with Gasteiger partial charge in [0.25, 0.3) is 0 Å². The summed E-state index contributed by atoms with van der Waals surface area (Å²) >= 11 is 6.00. The average molecular weight is 379 g/mol. The zero-order valence-electron chi connectivity index (χ0n) is 15.0. The third kappa shape index (κ3) is 3.31. The summed E-state index contributed by atoms with van der Waals surface area (Å²) in [6.07, 6.45) is 1.85.